The van der Waals surface area contributed by atoms with Crippen LogP contribution in [0.3, 0.4) is 0 Å². The first-order valence-electron chi connectivity index (χ1n) is 14.6. The van der Waals surface area contributed by atoms with Crippen LogP contribution in [0.1, 0.15) is 150 Å². The van der Waals surface area contributed by atoms with E-state index in [2.05, 4.69) is 27.7 Å². The van der Waals surface area contributed by atoms with E-state index >= 15 is 0 Å². The van der Waals surface area contributed by atoms with Crippen LogP contribution in [0.15, 0.2) is 0 Å². The maximum atomic E-state index is 2.82. The second kappa shape index (κ2) is 12.3. The van der Waals surface area contributed by atoms with Crippen LogP contribution in [0.25, 0.3) is 0 Å². The summed E-state index contributed by atoms with van der Waals surface area (Å²) >= 11 is 0. The summed E-state index contributed by atoms with van der Waals surface area (Å²) in [4.78, 5) is 0. The van der Waals surface area contributed by atoms with Crippen molar-refractivity contribution in [1.82, 2.24) is 0 Å². The van der Waals surface area contributed by atoms with Gasteiger partial charge in [-0.25, -0.2) is 0 Å². The molecule has 0 radical (unpaired) electrons. The molecule has 0 heteroatoms. The third-order valence-corrected chi connectivity index (χ3v) is 10.4. The number of hydrogen-bond acceptors (Lipinski definition) is 0. The van der Waals surface area contributed by atoms with Gasteiger partial charge in [-0.3, -0.25) is 0 Å². The SMILES string of the molecule is CCCCCC(C)CC(C)(C1CCCCC1)C1CCCCC1C(C)C1CCCCC1. The van der Waals surface area contributed by atoms with Crippen molar-refractivity contribution < 1.29 is 0 Å². The lowest BCUT2D eigenvalue weighted by atomic mass is 9.52. The molecule has 0 saturated heterocycles. The third-order valence-electron chi connectivity index (χ3n) is 10.4. The summed E-state index contributed by atoms with van der Waals surface area (Å²) in [7, 11) is 0. The Morgan fingerprint density at radius 3 is 2.00 bits per heavy atom. The molecule has 176 valence electrons. The Bertz CT molecular complexity index is 455. The molecule has 0 spiro atoms. The molecule has 5 atom stereocenters. The van der Waals surface area contributed by atoms with Crippen molar-refractivity contribution in [3.63, 3.8) is 0 Å². The van der Waals surface area contributed by atoms with E-state index in [9.17, 15) is 0 Å². The molecule has 30 heavy (non-hydrogen) atoms. The highest BCUT2D eigenvalue weighted by Gasteiger charge is 2.47. The van der Waals surface area contributed by atoms with Crippen LogP contribution >= 0.6 is 0 Å². The Morgan fingerprint density at radius 2 is 1.33 bits per heavy atom. The molecule has 3 rings (SSSR count). The topological polar surface area (TPSA) is 0 Å². The molecular formula is C30H56. The summed E-state index contributed by atoms with van der Waals surface area (Å²) in [6, 6.07) is 0. The minimum absolute atomic E-state index is 0.611. The minimum atomic E-state index is 0.611. The van der Waals surface area contributed by atoms with Gasteiger partial charge in [0.25, 0.3) is 0 Å². The van der Waals surface area contributed by atoms with Gasteiger partial charge >= 0.3 is 0 Å². The molecule has 0 aromatic rings. The first-order chi connectivity index (χ1) is 14.6. The lowest BCUT2D eigenvalue weighted by Crippen LogP contribution is -2.45. The van der Waals surface area contributed by atoms with Crippen molar-refractivity contribution in [1.29, 1.82) is 0 Å². The normalized spacial score (nSPS) is 31.2. The monoisotopic (exact) mass is 416 g/mol. The highest BCUT2D eigenvalue weighted by molar-refractivity contribution is 4.97. The van der Waals surface area contributed by atoms with Gasteiger partial charge in [0.15, 0.2) is 0 Å². The standard InChI is InChI=1S/C30H56/c1-5-6-9-16-24(2)23-30(4,27-19-12-8-13-20-27)29-22-15-14-21-28(29)25(3)26-17-10-7-11-18-26/h24-29H,5-23H2,1-4H3. The fourth-order valence-corrected chi connectivity index (χ4v) is 8.60. The molecule has 0 nitrogen and oxygen atoms in total. The lowest BCUT2D eigenvalue weighted by Gasteiger charge is -2.53. The molecule has 3 aliphatic carbocycles. The van der Waals surface area contributed by atoms with E-state index in [1.807, 2.05) is 0 Å². The van der Waals surface area contributed by atoms with Crippen molar-refractivity contribution >= 4 is 0 Å². The Kier molecular flexibility index (Phi) is 10.1. The first-order valence-corrected chi connectivity index (χ1v) is 14.6. The molecule has 0 heterocycles. The van der Waals surface area contributed by atoms with E-state index in [1.165, 1.54) is 96.3 Å². The highest BCUT2D eigenvalue weighted by atomic mass is 14.5. The number of unbranched alkanes of at least 4 members (excludes halogenated alkanes) is 2. The average Bonchev–Trinajstić information content (AvgIpc) is 2.80. The largest absolute Gasteiger partial charge is 0.0654 e. The summed E-state index contributed by atoms with van der Waals surface area (Å²) in [5.41, 5.74) is 0.611. The van der Waals surface area contributed by atoms with Gasteiger partial charge in [0.2, 0.25) is 0 Å². The molecule has 3 aliphatic rings. The molecule has 5 unspecified atom stereocenters. The lowest BCUT2D eigenvalue weighted by molar-refractivity contribution is -0.0407. The third kappa shape index (κ3) is 6.28. The second-order valence-electron chi connectivity index (χ2n) is 12.5. The molecule has 0 aromatic heterocycles. The van der Waals surface area contributed by atoms with Gasteiger partial charge in [-0.05, 0) is 73.0 Å². The molecule has 0 aromatic carbocycles. The van der Waals surface area contributed by atoms with Crippen molar-refractivity contribution in [2.24, 2.45) is 40.9 Å². The van der Waals surface area contributed by atoms with E-state index in [-0.39, 0.29) is 0 Å². The fourth-order valence-electron chi connectivity index (χ4n) is 8.60. The number of rotatable bonds is 10. The molecule has 3 saturated carbocycles. The molecule has 0 amide bonds. The van der Waals surface area contributed by atoms with Crippen LogP contribution in [-0.4, -0.2) is 0 Å². The van der Waals surface area contributed by atoms with E-state index in [0.717, 1.165) is 35.5 Å². The number of hydrogen-bond donors (Lipinski definition) is 0. The molecule has 0 aliphatic heterocycles. The molecular weight excluding hydrogens is 360 g/mol. The summed E-state index contributed by atoms with van der Waals surface area (Å²) in [5, 5.41) is 0. The Hall–Kier alpha value is 0. The quantitative estimate of drug-likeness (QED) is 0.311. The van der Waals surface area contributed by atoms with E-state index in [1.54, 1.807) is 25.7 Å². The van der Waals surface area contributed by atoms with E-state index < -0.39 is 0 Å². The summed E-state index contributed by atoms with van der Waals surface area (Å²) < 4.78 is 0. The van der Waals surface area contributed by atoms with Crippen molar-refractivity contribution in [2.75, 3.05) is 0 Å². The second-order valence-corrected chi connectivity index (χ2v) is 12.5. The predicted molar refractivity (Wildman–Crippen MR) is 134 cm³/mol. The van der Waals surface area contributed by atoms with Gasteiger partial charge in [-0.1, -0.05) is 118 Å². The Morgan fingerprint density at radius 1 is 0.733 bits per heavy atom. The summed E-state index contributed by atoms with van der Waals surface area (Å²) in [6.07, 6.45) is 28.6. The van der Waals surface area contributed by atoms with Crippen LogP contribution in [0.5, 0.6) is 0 Å². The zero-order valence-corrected chi connectivity index (χ0v) is 21.4. The Labute approximate surface area is 190 Å². The van der Waals surface area contributed by atoms with Crippen molar-refractivity contribution in [3.8, 4) is 0 Å². The Balaban J connectivity index is 1.77. The average molecular weight is 417 g/mol. The van der Waals surface area contributed by atoms with E-state index in [4.69, 9.17) is 0 Å². The maximum Gasteiger partial charge on any atom is -0.0264 e. The van der Waals surface area contributed by atoms with Crippen molar-refractivity contribution in [3.05, 3.63) is 0 Å². The van der Waals surface area contributed by atoms with Gasteiger partial charge in [0, 0.05) is 0 Å². The molecule has 3 fully saturated rings. The van der Waals surface area contributed by atoms with Gasteiger partial charge in [-0.2, -0.15) is 0 Å². The molecule has 0 N–H and O–H groups in total. The van der Waals surface area contributed by atoms with E-state index in [0.29, 0.717) is 5.41 Å². The van der Waals surface area contributed by atoms with Crippen LogP contribution < -0.4 is 0 Å². The van der Waals surface area contributed by atoms with Crippen LogP contribution in [-0.2, 0) is 0 Å². The van der Waals surface area contributed by atoms with Crippen LogP contribution in [0.4, 0.5) is 0 Å². The van der Waals surface area contributed by atoms with Crippen LogP contribution in [0, 0.1) is 40.9 Å². The van der Waals surface area contributed by atoms with Crippen LogP contribution in [0.2, 0.25) is 0 Å². The highest BCUT2D eigenvalue weighted by Crippen LogP contribution is 2.56. The maximum absolute atomic E-state index is 2.82. The minimum Gasteiger partial charge on any atom is -0.0654 e. The first kappa shape index (κ1) is 24.6. The smallest absolute Gasteiger partial charge is 0.0264 e. The van der Waals surface area contributed by atoms with Crippen molar-refractivity contribution in [2.45, 2.75) is 150 Å². The fraction of sp³-hybridized carbons (Fsp3) is 1.00. The summed E-state index contributed by atoms with van der Waals surface area (Å²) in [5.74, 6) is 6.01. The summed E-state index contributed by atoms with van der Waals surface area (Å²) in [6.45, 7) is 10.5. The zero-order valence-electron chi connectivity index (χ0n) is 21.4. The van der Waals surface area contributed by atoms with Gasteiger partial charge < -0.3 is 0 Å². The van der Waals surface area contributed by atoms with Gasteiger partial charge in [-0.15, -0.1) is 0 Å². The zero-order chi connectivity index (χ0) is 21.4. The van der Waals surface area contributed by atoms with Gasteiger partial charge in [0.05, 0.1) is 0 Å². The van der Waals surface area contributed by atoms with Gasteiger partial charge in [0.1, 0.15) is 0 Å². The molecule has 0 bridgehead atoms. The predicted octanol–water partition coefficient (Wildman–Crippen LogP) is 10.2.